The summed E-state index contributed by atoms with van der Waals surface area (Å²) >= 11 is 0. The summed E-state index contributed by atoms with van der Waals surface area (Å²) in [5.74, 6) is -0.393. The van der Waals surface area contributed by atoms with Gasteiger partial charge in [-0.05, 0) is 37.1 Å². The van der Waals surface area contributed by atoms with Gasteiger partial charge in [0.05, 0.1) is 41.0 Å². The first kappa shape index (κ1) is 21.4. The van der Waals surface area contributed by atoms with Gasteiger partial charge in [0, 0.05) is 31.9 Å². The van der Waals surface area contributed by atoms with Crippen LogP contribution in [0.15, 0.2) is 53.4 Å². The van der Waals surface area contributed by atoms with Crippen molar-refractivity contribution in [2.24, 2.45) is 11.5 Å². The van der Waals surface area contributed by atoms with Gasteiger partial charge in [0.25, 0.3) is 0 Å². The number of fused-ring (bicyclic) bond motifs is 1. The molecule has 156 valence electrons. The molecule has 0 spiro atoms. The summed E-state index contributed by atoms with van der Waals surface area (Å²) in [4.78, 5) is 31.0. The molecule has 0 saturated carbocycles. The van der Waals surface area contributed by atoms with Crippen molar-refractivity contribution in [3.8, 4) is 0 Å². The fourth-order valence-corrected chi connectivity index (χ4v) is 3.40. The van der Waals surface area contributed by atoms with E-state index in [4.69, 9.17) is 11.5 Å². The predicted octanol–water partition coefficient (Wildman–Crippen LogP) is 2.56. The summed E-state index contributed by atoms with van der Waals surface area (Å²) in [6.07, 6.45) is 12.6. The summed E-state index contributed by atoms with van der Waals surface area (Å²) in [7, 11) is 0. The molecule has 0 radical (unpaired) electrons. The number of nitrogens with zero attached hydrogens (tertiary/aromatic N) is 1. The Kier molecular flexibility index (Phi) is 7.49. The summed E-state index contributed by atoms with van der Waals surface area (Å²) < 4.78 is 0. The number of hydrogen-bond acceptors (Lipinski definition) is 4. The van der Waals surface area contributed by atoms with Crippen LogP contribution in [0.3, 0.4) is 0 Å². The maximum absolute atomic E-state index is 12.6. The fourth-order valence-electron chi connectivity index (χ4n) is 3.40. The van der Waals surface area contributed by atoms with Crippen molar-refractivity contribution in [3.05, 3.63) is 65.0 Å². The van der Waals surface area contributed by atoms with Crippen LogP contribution in [0.4, 0.5) is 0 Å². The number of H-pyrrole nitrogens is 1. The van der Waals surface area contributed by atoms with E-state index >= 15 is 0 Å². The van der Waals surface area contributed by atoms with Crippen LogP contribution in [-0.4, -0.2) is 28.3 Å². The minimum absolute atomic E-state index is 0.0553. The monoisotopic (exact) mass is 406 g/mol. The number of benzene rings is 1. The number of primary amides is 1. The van der Waals surface area contributed by atoms with E-state index in [0.29, 0.717) is 19.5 Å². The van der Waals surface area contributed by atoms with Crippen LogP contribution in [0.5, 0.6) is 0 Å². The lowest BCUT2D eigenvalue weighted by atomic mass is 9.91. The molecular weight excluding hydrogens is 378 g/mol. The number of carbonyl (C=O) groups is 2. The van der Waals surface area contributed by atoms with E-state index in [1.807, 2.05) is 30.4 Å². The zero-order chi connectivity index (χ0) is 21.3. The topological polar surface area (TPSA) is 127 Å². The summed E-state index contributed by atoms with van der Waals surface area (Å²) in [5, 5.41) is 2.99. The second-order valence-corrected chi connectivity index (χ2v) is 7.43. The first-order chi connectivity index (χ1) is 14.5. The Balaban J connectivity index is 1.64. The fraction of sp³-hybridized carbons (Fsp3) is 0.348. The second kappa shape index (κ2) is 10.5. The number of aromatic amines is 1. The molecule has 7 nitrogen and oxygen atoms in total. The minimum Gasteiger partial charge on any atom is -0.370 e. The Morgan fingerprint density at radius 2 is 2.07 bits per heavy atom. The van der Waals surface area contributed by atoms with E-state index in [-0.39, 0.29) is 24.7 Å². The van der Waals surface area contributed by atoms with Crippen LogP contribution >= 0.6 is 0 Å². The van der Waals surface area contributed by atoms with E-state index in [2.05, 4.69) is 21.4 Å². The molecule has 30 heavy (non-hydrogen) atoms. The number of unbranched alkanes of at least 4 members (excludes halogenated alkanes) is 1. The molecule has 1 heterocycles. The average Bonchev–Trinajstić information content (AvgIpc) is 3.20. The van der Waals surface area contributed by atoms with Crippen LogP contribution in [0.1, 0.15) is 44.1 Å². The number of rotatable bonds is 11. The molecule has 6 N–H and O–H groups in total. The molecule has 0 bridgehead atoms. The Morgan fingerprint density at radius 3 is 2.87 bits per heavy atom. The quantitative estimate of drug-likeness (QED) is 0.338. The molecule has 2 aromatic rings. The number of carbonyl (C=O) groups excluding carboxylic acids is 2. The Hall–Kier alpha value is -3.28. The summed E-state index contributed by atoms with van der Waals surface area (Å²) in [6, 6.07) is 5.87. The van der Waals surface area contributed by atoms with Gasteiger partial charge < -0.3 is 21.8 Å². The lowest BCUT2D eigenvalue weighted by molar-refractivity contribution is -0.120. The van der Waals surface area contributed by atoms with Crippen LogP contribution in [0.25, 0.3) is 11.0 Å². The van der Waals surface area contributed by atoms with Gasteiger partial charge in [0.2, 0.25) is 11.8 Å². The lowest BCUT2D eigenvalue weighted by Gasteiger charge is -2.09. The maximum Gasteiger partial charge on any atom is 0.237 e. The van der Waals surface area contributed by atoms with Crippen molar-refractivity contribution in [3.63, 3.8) is 0 Å². The van der Waals surface area contributed by atoms with Crippen molar-refractivity contribution >= 4 is 22.8 Å². The summed E-state index contributed by atoms with van der Waals surface area (Å²) in [5.41, 5.74) is 16.6. The van der Waals surface area contributed by atoms with E-state index in [0.717, 1.165) is 52.6 Å². The number of hydrogen-bond donors (Lipinski definition) is 4. The predicted molar refractivity (Wildman–Crippen MR) is 117 cm³/mol. The number of aromatic nitrogens is 2. The largest absolute Gasteiger partial charge is 0.370 e. The number of nitrogens with two attached hydrogens (primary N) is 2. The molecule has 1 aliphatic rings. The van der Waals surface area contributed by atoms with Gasteiger partial charge in [-0.2, -0.15) is 0 Å². The number of allylic oxidation sites excluding steroid dienone is 5. The highest BCUT2D eigenvalue weighted by Gasteiger charge is 2.21. The van der Waals surface area contributed by atoms with Crippen molar-refractivity contribution in [1.82, 2.24) is 15.3 Å². The summed E-state index contributed by atoms with van der Waals surface area (Å²) in [6.45, 7) is 1.09. The third kappa shape index (κ3) is 6.11. The first-order valence-electron chi connectivity index (χ1n) is 10.2. The molecule has 3 rings (SSSR count). The standard InChI is InChI=1S/C23H27N5O2/c24-10-2-1-3-18-7-4-16(6-9-22(25)29)11-19(18)13-23(30)26-14-17-5-8-20-21(12-17)28-15-27-20/h4-5,8,11-12,15H,1-3,6,9-10,13-14,24H2,(H3-,25,26,27,28,29,30)/p+1. The smallest absolute Gasteiger partial charge is 0.237 e. The van der Waals surface area contributed by atoms with Crippen LogP contribution in [0, 0.1) is 6.08 Å². The van der Waals surface area contributed by atoms with Gasteiger partial charge in [0.1, 0.15) is 11.6 Å². The zero-order valence-corrected chi connectivity index (χ0v) is 17.0. The maximum atomic E-state index is 12.6. The van der Waals surface area contributed by atoms with Crippen molar-refractivity contribution in [1.29, 1.82) is 0 Å². The third-order valence-corrected chi connectivity index (χ3v) is 5.05. The van der Waals surface area contributed by atoms with Crippen molar-refractivity contribution in [2.75, 3.05) is 6.54 Å². The Morgan fingerprint density at radius 1 is 1.20 bits per heavy atom. The highest BCUT2D eigenvalue weighted by Crippen LogP contribution is 2.26. The number of amides is 2. The Labute approximate surface area is 176 Å². The Bertz CT molecular complexity index is 1000. The van der Waals surface area contributed by atoms with Gasteiger partial charge in [-0.25, -0.2) is 4.98 Å². The third-order valence-electron chi connectivity index (χ3n) is 5.05. The normalized spacial score (nSPS) is 13.3. The number of imidazole rings is 1. The van der Waals surface area contributed by atoms with Gasteiger partial charge in [-0.15, -0.1) is 0 Å². The average molecular weight is 407 g/mol. The van der Waals surface area contributed by atoms with Crippen LogP contribution in [0.2, 0.25) is 0 Å². The molecule has 2 amide bonds. The highest BCUT2D eigenvalue weighted by atomic mass is 16.1. The molecule has 0 atom stereocenters. The first-order valence-corrected chi connectivity index (χ1v) is 10.2. The van der Waals surface area contributed by atoms with Gasteiger partial charge >= 0.3 is 0 Å². The van der Waals surface area contributed by atoms with Gasteiger partial charge in [-0.1, -0.05) is 6.07 Å². The lowest BCUT2D eigenvalue weighted by Crippen LogP contribution is -2.23. The van der Waals surface area contributed by atoms with E-state index in [1.54, 1.807) is 6.33 Å². The molecule has 7 heteroatoms. The van der Waals surface area contributed by atoms with Crippen molar-refractivity contribution in [2.45, 2.75) is 45.1 Å². The van der Waals surface area contributed by atoms with Gasteiger partial charge in [0.15, 0.2) is 0 Å². The minimum atomic E-state index is -0.337. The molecule has 0 saturated heterocycles. The zero-order valence-electron chi connectivity index (χ0n) is 17.0. The van der Waals surface area contributed by atoms with Crippen LogP contribution in [-0.2, 0) is 16.1 Å². The van der Waals surface area contributed by atoms with Gasteiger partial charge in [-0.3, -0.25) is 9.59 Å². The molecule has 0 unspecified atom stereocenters. The molecular formula is C23H28N5O2+. The molecule has 1 aliphatic carbocycles. The molecule has 1 aromatic carbocycles. The molecule has 0 aliphatic heterocycles. The van der Waals surface area contributed by atoms with E-state index in [1.165, 1.54) is 0 Å². The molecule has 0 fully saturated rings. The SMILES string of the molecule is NCCCCC1=C(CC(=O)NCc2ccc3nc[nH]c3c2)C=C(CCC(N)=O)C=[C+]1. The molecule has 1 aromatic heterocycles. The van der Waals surface area contributed by atoms with E-state index < -0.39 is 0 Å². The highest BCUT2D eigenvalue weighted by molar-refractivity contribution is 5.80. The van der Waals surface area contributed by atoms with Crippen molar-refractivity contribution < 1.29 is 9.59 Å². The number of nitrogens with one attached hydrogen (secondary N) is 2. The van der Waals surface area contributed by atoms with Crippen LogP contribution < -0.4 is 16.8 Å². The van der Waals surface area contributed by atoms with E-state index in [9.17, 15) is 9.59 Å². The second-order valence-electron chi connectivity index (χ2n) is 7.43.